The van der Waals surface area contributed by atoms with Crippen molar-refractivity contribution in [3.05, 3.63) is 17.9 Å². The van der Waals surface area contributed by atoms with E-state index in [1.54, 1.807) is 0 Å². The summed E-state index contributed by atoms with van der Waals surface area (Å²) in [4.78, 5) is 0. The number of hydrogen-bond acceptors (Lipinski definition) is 3. The van der Waals surface area contributed by atoms with Crippen molar-refractivity contribution >= 4 is 5.69 Å². The molecule has 1 fully saturated rings. The predicted molar refractivity (Wildman–Crippen MR) is 55.6 cm³/mol. The summed E-state index contributed by atoms with van der Waals surface area (Å²) < 4.78 is 23.9. The Morgan fingerprint density at radius 3 is 2.60 bits per heavy atom. The summed E-state index contributed by atoms with van der Waals surface area (Å²) in [6.07, 6.45) is 3.28. The van der Waals surface area contributed by atoms with Crippen LogP contribution in [0.15, 0.2) is 12.1 Å². The zero-order chi connectivity index (χ0) is 10.8. The van der Waals surface area contributed by atoms with Gasteiger partial charge in [0.15, 0.2) is 11.6 Å². The van der Waals surface area contributed by atoms with Crippen molar-refractivity contribution in [2.24, 2.45) is 0 Å². The van der Waals surface area contributed by atoms with Gasteiger partial charge < -0.3 is 15.2 Å². The Morgan fingerprint density at radius 1 is 1.33 bits per heavy atom. The Bertz CT molecular complexity index is 364. The fourth-order valence-electron chi connectivity index (χ4n) is 1.49. The summed E-state index contributed by atoms with van der Waals surface area (Å²) in [7, 11) is 1.50. The fourth-order valence-corrected chi connectivity index (χ4v) is 1.49. The standard InChI is InChI=1S/C11H14FNO2/c1-14-11-6-10(8(12)5-9(11)13)15-7-3-2-4-7/h5-7H,2-4,13H2,1H3. The van der Waals surface area contributed by atoms with Gasteiger partial charge in [-0.3, -0.25) is 0 Å². The Morgan fingerprint density at radius 2 is 2.07 bits per heavy atom. The molecule has 1 saturated carbocycles. The summed E-state index contributed by atoms with van der Waals surface area (Å²) in [5, 5.41) is 0. The van der Waals surface area contributed by atoms with Crippen LogP contribution in [0.4, 0.5) is 10.1 Å². The number of benzene rings is 1. The first-order valence-electron chi connectivity index (χ1n) is 5.00. The highest BCUT2D eigenvalue weighted by molar-refractivity contribution is 5.56. The van der Waals surface area contributed by atoms with Crippen molar-refractivity contribution in [2.45, 2.75) is 25.4 Å². The van der Waals surface area contributed by atoms with Crippen molar-refractivity contribution in [3.8, 4) is 11.5 Å². The Hall–Kier alpha value is -1.45. The minimum Gasteiger partial charge on any atom is -0.494 e. The van der Waals surface area contributed by atoms with E-state index in [4.69, 9.17) is 15.2 Å². The molecule has 0 bridgehead atoms. The quantitative estimate of drug-likeness (QED) is 0.780. The van der Waals surface area contributed by atoms with E-state index >= 15 is 0 Å². The van der Waals surface area contributed by atoms with Crippen LogP contribution < -0.4 is 15.2 Å². The summed E-state index contributed by atoms with van der Waals surface area (Å²) in [6, 6.07) is 2.73. The van der Waals surface area contributed by atoms with Gasteiger partial charge in [-0.15, -0.1) is 0 Å². The topological polar surface area (TPSA) is 44.5 Å². The zero-order valence-electron chi connectivity index (χ0n) is 8.63. The van der Waals surface area contributed by atoms with Gasteiger partial charge in [0.25, 0.3) is 0 Å². The first-order valence-corrected chi connectivity index (χ1v) is 5.00. The maximum atomic E-state index is 13.4. The number of nitrogen functional groups attached to an aromatic ring is 1. The summed E-state index contributed by atoms with van der Waals surface area (Å²) in [5.74, 6) is 0.247. The lowest BCUT2D eigenvalue weighted by molar-refractivity contribution is 0.114. The third-order valence-electron chi connectivity index (χ3n) is 2.63. The number of hydrogen-bond donors (Lipinski definition) is 1. The van der Waals surface area contributed by atoms with E-state index < -0.39 is 5.82 Å². The SMILES string of the molecule is COc1cc(OC2CCC2)c(F)cc1N. The smallest absolute Gasteiger partial charge is 0.167 e. The molecule has 3 nitrogen and oxygen atoms in total. The lowest BCUT2D eigenvalue weighted by Crippen LogP contribution is -2.25. The molecule has 2 rings (SSSR count). The number of nitrogens with two attached hydrogens (primary N) is 1. The van der Waals surface area contributed by atoms with Crippen LogP contribution >= 0.6 is 0 Å². The molecular weight excluding hydrogens is 197 g/mol. The molecule has 1 aliphatic carbocycles. The molecule has 0 spiro atoms. The Labute approximate surface area is 88.0 Å². The molecule has 2 N–H and O–H groups in total. The minimum absolute atomic E-state index is 0.146. The first kappa shape index (κ1) is 10.1. The molecule has 0 aromatic heterocycles. The molecule has 4 heteroatoms. The summed E-state index contributed by atoms with van der Waals surface area (Å²) in [5.41, 5.74) is 5.85. The van der Waals surface area contributed by atoms with E-state index in [1.165, 1.54) is 19.2 Å². The molecule has 0 radical (unpaired) electrons. The molecule has 82 valence electrons. The van der Waals surface area contributed by atoms with Crippen molar-refractivity contribution in [1.82, 2.24) is 0 Å². The fraction of sp³-hybridized carbons (Fsp3) is 0.455. The molecule has 0 unspecified atom stereocenters. The van der Waals surface area contributed by atoms with Gasteiger partial charge >= 0.3 is 0 Å². The van der Waals surface area contributed by atoms with E-state index in [0.717, 1.165) is 19.3 Å². The average molecular weight is 211 g/mol. The Balaban J connectivity index is 2.21. The monoisotopic (exact) mass is 211 g/mol. The lowest BCUT2D eigenvalue weighted by atomic mass is 9.96. The molecule has 15 heavy (non-hydrogen) atoms. The highest BCUT2D eigenvalue weighted by Crippen LogP contribution is 2.33. The molecule has 1 aliphatic rings. The van der Waals surface area contributed by atoms with Crippen molar-refractivity contribution in [3.63, 3.8) is 0 Å². The summed E-state index contributed by atoms with van der Waals surface area (Å²) in [6.45, 7) is 0. The molecule has 1 aromatic rings. The average Bonchev–Trinajstić information content (AvgIpc) is 2.14. The van der Waals surface area contributed by atoms with Crippen LogP contribution in [0.2, 0.25) is 0 Å². The normalized spacial score (nSPS) is 15.9. The van der Waals surface area contributed by atoms with Crippen LogP contribution in [0.5, 0.6) is 11.5 Å². The Kier molecular flexibility index (Phi) is 2.66. The third kappa shape index (κ3) is 1.98. The number of methoxy groups -OCH3 is 1. The minimum atomic E-state index is -0.430. The van der Waals surface area contributed by atoms with Crippen LogP contribution in [-0.4, -0.2) is 13.2 Å². The number of halogens is 1. The van der Waals surface area contributed by atoms with E-state index in [0.29, 0.717) is 5.75 Å². The van der Waals surface area contributed by atoms with Gasteiger partial charge in [0.1, 0.15) is 5.75 Å². The predicted octanol–water partition coefficient (Wildman–Crippen LogP) is 2.35. The highest BCUT2D eigenvalue weighted by atomic mass is 19.1. The second kappa shape index (κ2) is 3.96. The van der Waals surface area contributed by atoms with Gasteiger partial charge in [-0.25, -0.2) is 4.39 Å². The van der Waals surface area contributed by atoms with Gasteiger partial charge in [-0.05, 0) is 19.3 Å². The van der Waals surface area contributed by atoms with Crippen molar-refractivity contribution in [1.29, 1.82) is 0 Å². The van der Waals surface area contributed by atoms with Crippen LogP contribution in [0.3, 0.4) is 0 Å². The molecule has 0 heterocycles. The van der Waals surface area contributed by atoms with Crippen LogP contribution in [0.25, 0.3) is 0 Å². The second-order valence-corrected chi connectivity index (χ2v) is 3.70. The summed E-state index contributed by atoms with van der Waals surface area (Å²) >= 11 is 0. The van der Waals surface area contributed by atoms with Crippen LogP contribution in [-0.2, 0) is 0 Å². The van der Waals surface area contributed by atoms with E-state index in [2.05, 4.69) is 0 Å². The van der Waals surface area contributed by atoms with Gasteiger partial charge in [0, 0.05) is 12.1 Å². The van der Waals surface area contributed by atoms with Crippen molar-refractivity contribution in [2.75, 3.05) is 12.8 Å². The van der Waals surface area contributed by atoms with Gasteiger partial charge in [-0.2, -0.15) is 0 Å². The van der Waals surface area contributed by atoms with Crippen molar-refractivity contribution < 1.29 is 13.9 Å². The largest absolute Gasteiger partial charge is 0.494 e. The first-order chi connectivity index (χ1) is 7.20. The van der Waals surface area contributed by atoms with Gasteiger partial charge in [-0.1, -0.05) is 0 Å². The maximum Gasteiger partial charge on any atom is 0.167 e. The van der Waals surface area contributed by atoms with Crippen LogP contribution in [0.1, 0.15) is 19.3 Å². The van der Waals surface area contributed by atoms with Gasteiger partial charge in [0.2, 0.25) is 0 Å². The van der Waals surface area contributed by atoms with Gasteiger partial charge in [0.05, 0.1) is 18.9 Å². The number of anilines is 1. The van der Waals surface area contributed by atoms with E-state index in [1.807, 2.05) is 0 Å². The van der Waals surface area contributed by atoms with E-state index in [-0.39, 0.29) is 17.5 Å². The number of ether oxygens (including phenoxy) is 2. The van der Waals surface area contributed by atoms with E-state index in [9.17, 15) is 4.39 Å². The molecule has 0 amide bonds. The maximum absolute atomic E-state index is 13.4. The van der Waals surface area contributed by atoms with Crippen LogP contribution in [0, 0.1) is 5.82 Å². The molecule has 1 aromatic carbocycles. The molecular formula is C11H14FNO2. The zero-order valence-corrected chi connectivity index (χ0v) is 8.63. The highest BCUT2D eigenvalue weighted by Gasteiger charge is 2.21. The number of rotatable bonds is 3. The molecule has 0 saturated heterocycles. The molecule has 0 atom stereocenters. The third-order valence-corrected chi connectivity index (χ3v) is 2.63. The lowest BCUT2D eigenvalue weighted by Gasteiger charge is -2.26. The molecule has 0 aliphatic heterocycles. The second-order valence-electron chi connectivity index (χ2n) is 3.70.